The van der Waals surface area contributed by atoms with Crippen LogP contribution in [0.1, 0.15) is 11.3 Å². The molecule has 2 aromatic carbocycles. The third-order valence-corrected chi connectivity index (χ3v) is 6.65. The molecular weight excluding hydrogens is 490 g/mol. The van der Waals surface area contributed by atoms with Crippen LogP contribution in [-0.2, 0) is 22.6 Å². The highest BCUT2D eigenvalue weighted by Gasteiger charge is 2.40. The number of carbonyl (C=O) groups is 2. The minimum Gasteiger partial charge on any atom is -0.467 e. The van der Waals surface area contributed by atoms with E-state index in [9.17, 15) is 14.9 Å². The number of nitrogens with one attached hydrogen (secondary N) is 1. The van der Waals surface area contributed by atoms with Crippen molar-refractivity contribution in [3.05, 3.63) is 99.4 Å². The van der Waals surface area contributed by atoms with Gasteiger partial charge in [-0.1, -0.05) is 58.0 Å². The molecule has 1 aromatic heterocycles. The van der Waals surface area contributed by atoms with Gasteiger partial charge in [-0.25, -0.2) is 0 Å². The molecule has 1 fully saturated rings. The Balaban J connectivity index is 1.67. The van der Waals surface area contributed by atoms with Crippen LogP contribution in [0.25, 0.3) is 0 Å². The lowest BCUT2D eigenvalue weighted by Gasteiger charge is -2.18. The molecule has 0 bridgehead atoms. The smallest absolute Gasteiger partial charge is 0.265 e. The normalized spacial score (nSPS) is 17.2. The molecule has 1 N–H and O–H groups in total. The lowest BCUT2D eigenvalue weighted by Crippen LogP contribution is -2.32. The number of nitrogens with zero attached hydrogens (tertiary/aromatic N) is 2. The van der Waals surface area contributed by atoms with Crippen molar-refractivity contribution in [2.75, 3.05) is 4.90 Å². The second kappa shape index (κ2) is 9.90. The molecule has 8 heteroatoms. The van der Waals surface area contributed by atoms with Crippen LogP contribution < -0.4 is 10.2 Å². The van der Waals surface area contributed by atoms with E-state index in [0.29, 0.717) is 22.9 Å². The Bertz CT molecular complexity index is 1190. The molecule has 0 unspecified atom stereocenters. The maximum absolute atomic E-state index is 13.4. The maximum Gasteiger partial charge on any atom is 0.265 e. The van der Waals surface area contributed by atoms with E-state index in [1.54, 1.807) is 24.3 Å². The van der Waals surface area contributed by atoms with E-state index in [2.05, 4.69) is 21.2 Å². The summed E-state index contributed by atoms with van der Waals surface area (Å²) < 4.78 is 6.10. The topological polar surface area (TPSA) is 86.3 Å². The Morgan fingerprint density at radius 1 is 1.12 bits per heavy atom. The number of hydrogen-bond donors (Lipinski definition) is 1. The molecular formula is C24H18BrN3O3S. The highest BCUT2D eigenvalue weighted by atomic mass is 79.9. The Morgan fingerprint density at radius 3 is 2.53 bits per heavy atom. The van der Waals surface area contributed by atoms with E-state index in [1.807, 2.05) is 48.5 Å². The van der Waals surface area contributed by atoms with Gasteiger partial charge in [0.2, 0.25) is 5.91 Å². The van der Waals surface area contributed by atoms with Crippen LogP contribution in [-0.4, -0.2) is 17.1 Å². The van der Waals surface area contributed by atoms with Crippen LogP contribution in [0.15, 0.2) is 92.5 Å². The third-order valence-electron chi connectivity index (χ3n) is 4.86. The number of carbonyl (C=O) groups excluding carboxylic acids is 2. The maximum atomic E-state index is 13.4. The quantitative estimate of drug-likeness (QED) is 0.383. The fourth-order valence-corrected chi connectivity index (χ4v) is 4.88. The van der Waals surface area contributed by atoms with E-state index >= 15 is 0 Å². The number of anilines is 1. The van der Waals surface area contributed by atoms with Gasteiger partial charge in [0.25, 0.3) is 5.91 Å². The molecule has 1 aliphatic heterocycles. The minimum absolute atomic E-state index is 0.103. The van der Waals surface area contributed by atoms with Crippen molar-refractivity contribution in [2.45, 2.75) is 18.2 Å². The molecule has 1 atom stereocenters. The van der Waals surface area contributed by atoms with Crippen molar-refractivity contribution >= 4 is 45.2 Å². The molecule has 0 saturated carbocycles. The van der Waals surface area contributed by atoms with Gasteiger partial charge in [0, 0.05) is 10.2 Å². The molecule has 1 aliphatic rings. The van der Waals surface area contributed by atoms with E-state index in [4.69, 9.17) is 4.42 Å². The summed E-state index contributed by atoms with van der Waals surface area (Å²) >= 11 is 4.64. The average molecular weight is 508 g/mol. The van der Waals surface area contributed by atoms with Gasteiger partial charge in [-0.3, -0.25) is 14.5 Å². The summed E-state index contributed by atoms with van der Waals surface area (Å²) in [7, 11) is 0. The summed E-state index contributed by atoms with van der Waals surface area (Å²) in [6.07, 6.45) is 2.01. The zero-order chi connectivity index (χ0) is 22.5. The molecule has 2 amide bonds. The molecule has 2 heterocycles. The lowest BCUT2D eigenvalue weighted by molar-refractivity contribution is -0.117. The van der Waals surface area contributed by atoms with Crippen molar-refractivity contribution in [2.24, 2.45) is 0 Å². The summed E-state index contributed by atoms with van der Waals surface area (Å²) in [5, 5.41) is 12.4. The number of benzene rings is 2. The Kier molecular flexibility index (Phi) is 6.78. The van der Waals surface area contributed by atoms with Crippen molar-refractivity contribution < 1.29 is 14.0 Å². The lowest BCUT2D eigenvalue weighted by atomic mass is 10.1. The number of halogens is 1. The van der Waals surface area contributed by atoms with Crippen molar-refractivity contribution in [3.63, 3.8) is 0 Å². The predicted octanol–water partition coefficient (Wildman–Crippen LogP) is 4.78. The van der Waals surface area contributed by atoms with Crippen LogP contribution in [0.2, 0.25) is 0 Å². The third kappa shape index (κ3) is 4.79. The second-order valence-electron chi connectivity index (χ2n) is 7.00. The predicted molar refractivity (Wildman–Crippen MR) is 126 cm³/mol. The van der Waals surface area contributed by atoms with Gasteiger partial charge in [0.1, 0.15) is 22.4 Å². The molecule has 1 saturated heterocycles. The van der Waals surface area contributed by atoms with E-state index < -0.39 is 11.2 Å². The van der Waals surface area contributed by atoms with Crippen LogP contribution in [0.4, 0.5) is 5.69 Å². The van der Waals surface area contributed by atoms with Crippen LogP contribution in [0, 0.1) is 11.3 Å². The fourth-order valence-electron chi connectivity index (χ4n) is 3.31. The number of thioether (sulfide) groups is 1. The summed E-state index contributed by atoms with van der Waals surface area (Å²) in [4.78, 5) is 27.7. The largest absolute Gasteiger partial charge is 0.467 e. The average Bonchev–Trinajstić information content (AvgIpc) is 3.43. The molecule has 6 nitrogen and oxygen atoms in total. The monoisotopic (exact) mass is 507 g/mol. The van der Waals surface area contributed by atoms with Crippen molar-refractivity contribution in [3.8, 4) is 6.07 Å². The second-order valence-corrected chi connectivity index (χ2v) is 9.11. The van der Waals surface area contributed by atoms with Crippen LogP contribution in [0.3, 0.4) is 0 Å². The summed E-state index contributed by atoms with van der Waals surface area (Å²) in [5.41, 5.74) is 1.51. The molecule has 0 radical (unpaired) electrons. The first-order valence-corrected chi connectivity index (χ1v) is 11.5. The molecule has 0 aliphatic carbocycles. The first-order valence-electron chi connectivity index (χ1n) is 9.82. The number of furan rings is 1. The number of nitriles is 1. The van der Waals surface area contributed by atoms with Gasteiger partial charge in [0.05, 0.1) is 18.1 Å². The highest BCUT2D eigenvalue weighted by molar-refractivity contribution is 9.10. The number of hydrogen-bond acceptors (Lipinski definition) is 5. The van der Waals surface area contributed by atoms with Crippen molar-refractivity contribution in [1.82, 2.24) is 5.32 Å². The zero-order valence-corrected chi connectivity index (χ0v) is 19.2. The first-order chi connectivity index (χ1) is 15.6. The van der Waals surface area contributed by atoms with Gasteiger partial charge in [0.15, 0.2) is 0 Å². The zero-order valence-electron chi connectivity index (χ0n) is 16.8. The van der Waals surface area contributed by atoms with Gasteiger partial charge < -0.3 is 9.73 Å². The standard InChI is InChI=1S/C24H18BrN3O3S/c25-17-8-10-18(11-9-17)28-23(30)21(13-16-5-2-1-3-6-16)32-24(28)20(14-26)22(29)27-15-19-7-4-12-31-19/h1-12,21H,13,15H2,(H,27,29)/b24-20-/t21-/m0/s1. The first kappa shape index (κ1) is 21.9. The van der Waals surface area contributed by atoms with Crippen molar-refractivity contribution in [1.29, 1.82) is 5.26 Å². The van der Waals surface area contributed by atoms with E-state index in [-0.39, 0.29) is 18.0 Å². The molecule has 160 valence electrons. The number of rotatable bonds is 6. The van der Waals surface area contributed by atoms with Gasteiger partial charge >= 0.3 is 0 Å². The molecule has 3 aromatic rings. The summed E-state index contributed by atoms with van der Waals surface area (Å²) in [6, 6.07) is 22.3. The Hall–Kier alpha value is -3.28. The molecule has 0 spiro atoms. The highest BCUT2D eigenvalue weighted by Crippen LogP contribution is 2.42. The SMILES string of the molecule is N#C/C(C(=O)NCc1ccco1)=C1/S[C@@H](Cc2ccccc2)C(=O)N1c1ccc(Br)cc1. The number of amides is 2. The molecule has 4 rings (SSSR count). The van der Waals surface area contributed by atoms with E-state index in [1.165, 1.54) is 22.9 Å². The summed E-state index contributed by atoms with van der Waals surface area (Å²) in [5.74, 6) is -0.146. The van der Waals surface area contributed by atoms with Gasteiger partial charge in [-0.05, 0) is 48.4 Å². The van der Waals surface area contributed by atoms with Gasteiger partial charge in [-0.2, -0.15) is 5.26 Å². The minimum atomic E-state index is -0.554. The van der Waals surface area contributed by atoms with E-state index in [0.717, 1.165) is 10.0 Å². The van der Waals surface area contributed by atoms with Crippen LogP contribution in [0.5, 0.6) is 0 Å². The Morgan fingerprint density at radius 2 is 1.88 bits per heavy atom. The van der Waals surface area contributed by atoms with Crippen LogP contribution >= 0.6 is 27.7 Å². The molecule has 32 heavy (non-hydrogen) atoms. The fraction of sp³-hybridized carbons (Fsp3) is 0.125. The summed E-state index contributed by atoms with van der Waals surface area (Å²) in [6.45, 7) is 0.147. The van der Waals surface area contributed by atoms with Gasteiger partial charge in [-0.15, -0.1) is 0 Å². The Labute approximate surface area is 198 Å².